The van der Waals surface area contributed by atoms with Gasteiger partial charge in [-0.15, -0.1) is 0 Å². The van der Waals surface area contributed by atoms with Gasteiger partial charge in [0.25, 0.3) is 0 Å². The molecule has 1 N–H and O–H groups in total. The van der Waals surface area contributed by atoms with E-state index in [1.165, 1.54) is 5.56 Å². The summed E-state index contributed by atoms with van der Waals surface area (Å²) < 4.78 is 5.14. The Kier molecular flexibility index (Phi) is 6.42. The van der Waals surface area contributed by atoms with Crippen LogP contribution >= 0.6 is 0 Å². The van der Waals surface area contributed by atoms with E-state index in [0.29, 0.717) is 12.5 Å². The first-order valence-electron chi connectivity index (χ1n) is 8.49. The summed E-state index contributed by atoms with van der Waals surface area (Å²) in [6.45, 7) is 6.89. The third kappa shape index (κ3) is 5.12. The molecule has 2 aromatic rings. The van der Waals surface area contributed by atoms with Crippen LogP contribution in [0.5, 0.6) is 5.75 Å². The van der Waals surface area contributed by atoms with E-state index in [9.17, 15) is 4.79 Å². The molecule has 0 radical (unpaired) electrons. The summed E-state index contributed by atoms with van der Waals surface area (Å²) in [4.78, 5) is 12.4. The van der Waals surface area contributed by atoms with Crippen molar-refractivity contribution in [3.05, 3.63) is 65.2 Å². The molecule has 0 saturated carbocycles. The summed E-state index contributed by atoms with van der Waals surface area (Å²) in [5.41, 5.74) is 3.43. The highest BCUT2D eigenvalue weighted by Crippen LogP contribution is 2.18. The van der Waals surface area contributed by atoms with Crippen molar-refractivity contribution < 1.29 is 9.53 Å². The average molecular weight is 325 g/mol. The van der Waals surface area contributed by atoms with Crippen LogP contribution in [0.2, 0.25) is 0 Å². The lowest BCUT2D eigenvalue weighted by molar-refractivity contribution is -0.122. The average Bonchev–Trinajstić information content (AvgIpc) is 2.59. The van der Waals surface area contributed by atoms with Crippen LogP contribution < -0.4 is 10.1 Å². The number of ether oxygens (including phenoxy) is 1. The largest absolute Gasteiger partial charge is 0.497 e. The Labute approximate surface area is 145 Å². The van der Waals surface area contributed by atoms with E-state index in [0.717, 1.165) is 23.3 Å². The molecule has 0 aliphatic carbocycles. The Morgan fingerprint density at radius 1 is 0.958 bits per heavy atom. The van der Waals surface area contributed by atoms with E-state index in [2.05, 4.69) is 43.4 Å². The minimum Gasteiger partial charge on any atom is -0.497 e. The van der Waals surface area contributed by atoms with Gasteiger partial charge in [-0.2, -0.15) is 0 Å². The van der Waals surface area contributed by atoms with Crippen molar-refractivity contribution in [2.45, 2.75) is 39.7 Å². The predicted octanol–water partition coefficient (Wildman–Crippen LogP) is 4.31. The van der Waals surface area contributed by atoms with Gasteiger partial charge in [0, 0.05) is 6.54 Å². The molecule has 0 aliphatic heterocycles. The van der Waals surface area contributed by atoms with E-state index in [4.69, 9.17) is 4.74 Å². The topological polar surface area (TPSA) is 38.3 Å². The maximum atomic E-state index is 12.4. The zero-order valence-corrected chi connectivity index (χ0v) is 15.0. The molecule has 0 unspecified atom stereocenters. The molecule has 0 fully saturated rings. The summed E-state index contributed by atoms with van der Waals surface area (Å²) in [6, 6.07) is 16.1. The van der Waals surface area contributed by atoms with Crippen molar-refractivity contribution >= 4 is 5.91 Å². The van der Waals surface area contributed by atoms with Crippen LogP contribution in [0.15, 0.2) is 48.5 Å². The van der Waals surface area contributed by atoms with E-state index in [-0.39, 0.29) is 11.8 Å². The van der Waals surface area contributed by atoms with Gasteiger partial charge in [0.05, 0.1) is 13.0 Å². The molecule has 128 valence electrons. The Hall–Kier alpha value is -2.29. The Morgan fingerprint density at radius 2 is 1.54 bits per heavy atom. The molecule has 3 nitrogen and oxygen atoms in total. The molecule has 0 aromatic heterocycles. The molecule has 1 atom stereocenters. The summed E-state index contributed by atoms with van der Waals surface area (Å²) in [5.74, 6) is 1.35. The fourth-order valence-corrected chi connectivity index (χ4v) is 2.65. The lowest BCUT2D eigenvalue weighted by Gasteiger charge is -2.14. The smallest absolute Gasteiger partial charge is 0.227 e. The fraction of sp³-hybridized carbons (Fsp3) is 0.381. The molecule has 0 bridgehead atoms. The van der Waals surface area contributed by atoms with Crippen molar-refractivity contribution in [1.82, 2.24) is 5.32 Å². The van der Waals surface area contributed by atoms with Gasteiger partial charge in [-0.05, 0) is 48.1 Å². The van der Waals surface area contributed by atoms with Crippen LogP contribution in [-0.4, -0.2) is 13.0 Å². The lowest BCUT2D eigenvalue weighted by atomic mass is 9.96. The van der Waals surface area contributed by atoms with Crippen LogP contribution in [0.25, 0.3) is 0 Å². The van der Waals surface area contributed by atoms with Gasteiger partial charge in [-0.25, -0.2) is 0 Å². The quantitative estimate of drug-likeness (QED) is 0.823. The van der Waals surface area contributed by atoms with Crippen molar-refractivity contribution in [3.63, 3.8) is 0 Å². The Bertz CT molecular complexity index is 645. The number of carbonyl (C=O) groups excluding carboxylic acids is 1. The van der Waals surface area contributed by atoms with Crippen LogP contribution in [0.4, 0.5) is 0 Å². The van der Waals surface area contributed by atoms with Crippen LogP contribution in [0.1, 0.15) is 43.4 Å². The molecule has 0 heterocycles. The van der Waals surface area contributed by atoms with Gasteiger partial charge in [-0.1, -0.05) is 50.2 Å². The van der Waals surface area contributed by atoms with Crippen molar-refractivity contribution in [2.75, 3.05) is 7.11 Å². The molecule has 1 amide bonds. The van der Waals surface area contributed by atoms with Gasteiger partial charge >= 0.3 is 0 Å². The molecule has 24 heavy (non-hydrogen) atoms. The summed E-state index contributed by atoms with van der Waals surface area (Å²) in [7, 11) is 1.64. The highest BCUT2D eigenvalue weighted by Gasteiger charge is 2.14. The second kappa shape index (κ2) is 8.53. The number of benzene rings is 2. The second-order valence-electron chi connectivity index (χ2n) is 6.63. The molecule has 0 saturated heterocycles. The van der Waals surface area contributed by atoms with Gasteiger partial charge in [-0.3, -0.25) is 4.79 Å². The highest BCUT2D eigenvalue weighted by atomic mass is 16.5. The zero-order valence-electron chi connectivity index (χ0n) is 15.0. The number of nitrogens with one attached hydrogen (secondary N) is 1. The first-order valence-corrected chi connectivity index (χ1v) is 8.49. The number of amides is 1. The highest BCUT2D eigenvalue weighted by molar-refractivity contribution is 5.83. The number of carbonyl (C=O) groups is 1. The van der Waals surface area contributed by atoms with Crippen molar-refractivity contribution in [1.29, 1.82) is 0 Å². The summed E-state index contributed by atoms with van der Waals surface area (Å²) >= 11 is 0. The lowest BCUT2D eigenvalue weighted by Crippen LogP contribution is -2.27. The van der Waals surface area contributed by atoms with Crippen LogP contribution in [0, 0.1) is 5.92 Å². The first-order chi connectivity index (χ1) is 11.5. The fourth-order valence-electron chi connectivity index (χ4n) is 2.65. The van der Waals surface area contributed by atoms with Crippen molar-refractivity contribution in [3.8, 4) is 5.75 Å². The maximum Gasteiger partial charge on any atom is 0.227 e. The molecular weight excluding hydrogens is 298 g/mol. The molecule has 0 spiro atoms. The summed E-state index contributed by atoms with van der Waals surface area (Å²) in [5, 5.41) is 3.00. The van der Waals surface area contributed by atoms with E-state index in [1.54, 1.807) is 7.11 Å². The van der Waals surface area contributed by atoms with Gasteiger partial charge in [0.2, 0.25) is 5.91 Å². The van der Waals surface area contributed by atoms with E-state index < -0.39 is 0 Å². The Balaban J connectivity index is 1.91. The maximum absolute atomic E-state index is 12.4. The van der Waals surface area contributed by atoms with Crippen LogP contribution in [0.3, 0.4) is 0 Å². The predicted molar refractivity (Wildman–Crippen MR) is 98.2 cm³/mol. The normalized spacial score (nSPS) is 12.0. The molecule has 2 aromatic carbocycles. The van der Waals surface area contributed by atoms with Gasteiger partial charge in [0.15, 0.2) is 0 Å². The Morgan fingerprint density at radius 3 is 2.08 bits per heavy atom. The third-order valence-electron chi connectivity index (χ3n) is 4.14. The molecular formula is C21H27NO2. The number of hydrogen-bond acceptors (Lipinski definition) is 2. The van der Waals surface area contributed by atoms with Crippen LogP contribution in [-0.2, 0) is 17.8 Å². The minimum absolute atomic E-state index is 0.0439. The SMILES string of the molecule is COc1ccc(CNC(=O)[C@@H](C)c2ccc(CC(C)C)cc2)cc1. The van der Waals surface area contributed by atoms with Gasteiger partial charge < -0.3 is 10.1 Å². The molecule has 2 rings (SSSR count). The minimum atomic E-state index is -0.156. The van der Waals surface area contributed by atoms with E-state index >= 15 is 0 Å². The second-order valence-corrected chi connectivity index (χ2v) is 6.63. The molecule has 3 heteroatoms. The number of hydrogen-bond donors (Lipinski definition) is 1. The number of methoxy groups -OCH3 is 1. The van der Waals surface area contributed by atoms with E-state index in [1.807, 2.05) is 31.2 Å². The monoisotopic (exact) mass is 325 g/mol. The van der Waals surface area contributed by atoms with Gasteiger partial charge in [0.1, 0.15) is 5.75 Å². The number of rotatable bonds is 7. The molecule has 0 aliphatic rings. The summed E-state index contributed by atoms with van der Waals surface area (Å²) in [6.07, 6.45) is 1.07. The zero-order chi connectivity index (χ0) is 17.5. The standard InChI is InChI=1S/C21H27NO2/c1-15(2)13-17-5-9-19(10-6-17)16(3)21(23)22-14-18-7-11-20(24-4)12-8-18/h5-12,15-16H,13-14H2,1-4H3,(H,22,23)/t16-/m0/s1. The van der Waals surface area contributed by atoms with Crippen molar-refractivity contribution in [2.24, 2.45) is 5.92 Å². The third-order valence-corrected chi connectivity index (χ3v) is 4.14. The first kappa shape index (κ1) is 18.1.